The SMILES string of the molecule is CCN(C(=O)C(Cc1cccc(C2c3cccc4c3nc(C)n42)c1)C(=O)NS(=O)(=O)C=Cc1ccccc1)c1ccccc1. The number of para-hydroxylation sites is 2. The van der Waals surface area contributed by atoms with Crippen molar-refractivity contribution < 1.29 is 18.0 Å². The highest BCUT2D eigenvalue weighted by molar-refractivity contribution is 7.93. The lowest BCUT2D eigenvalue weighted by Gasteiger charge is -2.26. The van der Waals surface area contributed by atoms with E-state index in [-0.39, 0.29) is 12.5 Å². The van der Waals surface area contributed by atoms with E-state index in [0.717, 1.165) is 39.0 Å². The number of hydrogen-bond acceptors (Lipinski definition) is 5. The van der Waals surface area contributed by atoms with Crippen LogP contribution in [0.1, 0.15) is 41.0 Å². The Bertz CT molecular complexity index is 1990. The summed E-state index contributed by atoms with van der Waals surface area (Å²) >= 11 is 0. The van der Waals surface area contributed by atoms with Crippen LogP contribution >= 0.6 is 0 Å². The molecule has 0 spiro atoms. The van der Waals surface area contributed by atoms with Gasteiger partial charge in [0.15, 0.2) is 0 Å². The average molecular weight is 605 g/mol. The molecule has 1 aliphatic heterocycles. The number of sulfonamides is 1. The lowest BCUT2D eigenvalue weighted by Crippen LogP contribution is -2.46. The Balaban J connectivity index is 1.31. The van der Waals surface area contributed by atoms with Crippen molar-refractivity contribution in [2.24, 2.45) is 5.92 Å². The Hall–Kier alpha value is -5.02. The number of aryl methyl sites for hydroxylation is 1. The molecule has 2 atom stereocenters. The molecule has 0 fully saturated rings. The van der Waals surface area contributed by atoms with Crippen LogP contribution < -0.4 is 9.62 Å². The van der Waals surface area contributed by atoms with E-state index in [1.54, 1.807) is 36.4 Å². The predicted molar refractivity (Wildman–Crippen MR) is 172 cm³/mol. The zero-order chi connectivity index (χ0) is 30.8. The number of nitrogens with zero attached hydrogens (tertiary/aromatic N) is 3. The molecule has 44 heavy (non-hydrogen) atoms. The summed E-state index contributed by atoms with van der Waals surface area (Å²) in [7, 11) is -4.18. The lowest BCUT2D eigenvalue weighted by molar-refractivity contribution is -0.132. The first-order valence-corrected chi connectivity index (χ1v) is 16.0. The minimum Gasteiger partial charge on any atom is -0.316 e. The molecule has 5 aromatic rings. The molecule has 222 valence electrons. The van der Waals surface area contributed by atoms with Crippen molar-refractivity contribution in [3.63, 3.8) is 0 Å². The van der Waals surface area contributed by atoms with Gasteiger partial charge >= 0.3 is 0 Å². The lowest BCUT2D eigenvalue weighted by atomic mass is 9.92. The average Bonchev–Trinajstić information content (AvgIpc) is 3.43. The molecule has 1 N–H and O–H groups in total. The second kappa shape index (κ2) is 11.9. The Kier molecular flexibility index (Phi) is 7.88. The van der Waals surface area contributed by atoms with Crippen molar-refractivity contribution in [3.05, 3.63) is 137 Å². The van der Waals surface area contributed by atoms with Crippen molar-refractivity contribution >= 4 is 44.6 Å². The summed E-state index contributed by atoms with van der Waals surface area (Å²) in [6, 6.07) is 31.8. The number of benzene rings is 4. The van der Waals surface area contributed by atoms with E-state index in [9.17, 15) is 18.0 Å². The molecule has 2 amide bonds. The van der Waals surface area contributed by atoms with Gasteiger partial charge in [-0.05, 0) is 61.2 Å². The Morgan fingerprint density at radius 1 is 0.955 bits per heavy atom. The molecule has 4 aromatic carbocycles. The number of carbonyl (C=O) groups excluding carboxylic acids is 2. The molecule has 0 aliphatic carbocycles. The molecule has 8 nitrogen and oxygen atoms in total. The van der Waals surface area contributed by atoms with Gasteiger partial charge in [0, 0.05) is 17.8 Å². The zero-order valence-electron chi connectivity index (χ0n) is 24.4. The second-order valence-corrected chi connectivity index (χ2v) is 12.4. The largest absolute Gasteiger partial charge is 0.316 e. The van der Waals surface area contributed by atoms with Gasteiger partial charge in [0.05, 0.1) is 22.5 Å². The van der Waals surface area contributed by atoms with E-state index in [1.165, 1.54) is 11.0 Å². The van der Waals surface area contributed by atoms with E-state index in [0.29, 0.717) is 17.8 Å². The number of amides is 2. The number of hydrogen-bond donors (Lipinski definition) is 1. The van der Waals surface area contributed by atoms with Gasteiger partial charge in [-0.3, -0.25) is 9.59 Å². The molecule has 0 radical (unpaired) electrons. The number of aromatic nitrogens is 2. The highest BCUT2D eigenvalue weighted by Gasteiger charge is 2.34. The number of rotatable bonds is 10. The zero-order valence-corrected chi connectivity index (χ0v) is 25.2. The molecule has 0 saturated carbocycles. The number of imidazole rings is 1. The van der Waals surface area contributed by atoms with Crippen molar-refractivity contribution in [3.8, 4) is 0 Å². The summed E-state index contributed by atoms with van der Waals surface area (Å²) in [5.41, 5.74) is 6.19. The van der Waals surface area contributed by atoms with Crippen molar-refractivity contribution in [1.82, 2.24) is 14.3 Å². The van der Waals surface area contributed by atoms with E-state index >= 15 is 0 Å². The molecule has 1 aliphatic rings. The quantitative estimate of drug-likeness (QED) is 0.205. The Morgan fingerprint density at radius 2 is 1.66 bits per heavy atom. The van der Waals surface area contributed by atoms with Crippen LogP contribution in [0, 0.1) is 12.8 Å². The first kappa shape index (κ1) is 29.1. The summed E-state index contributed by atoms with van der Waals surface area (Å²) in [6.45, 7) is 4.11. The van der Waals surface area contributed by atoms with Crippen LogP contribution in [-0.2, 0) is 26.0 Å². The summed E-state index contributed by atoms with van der Waals surface area (Å²) in [6.07, 6.45) is 1.42. The smallest absolute Gasteiger partial charge is 0.257 e. The van der Waals surface area contributed by atoms with Crippen molar-refractivity contribution in [2.75, 3.05) is 11.4 Å². The first-order chi connectivity index (χ1) is 21.3. The van der Waals surface area contributed by atoms with Crippen LogP contribution in [0.5, 0.6) is 0 Å². The standard InChI is InChI=1S/C35H32N4O4S/c1-3-38(28-16-8-5-9-17-28)35(41)30(34(40)37-44(42,43)21-20-25-12-6-4-7-13-25)23-26-14-10-15-27(22-26)33-29-18-11-19-31-32(29)36-24(2)39(31)33/h4-22,30,33H,3,23H2,1-2H3,(H,37,40). The van der Waals surface area contributed by atoms with Gasteiger partial charge in [0.2, 0.25) is 11.8 Å². The number of anilines is 1. The van der Waals surface area contributed by atoms with Gasteiger partial charge in [0.25, 0.3) is 10.0 Å². The summed E-state index contributed by atoms with van der Waals surface area (Å²) in [5.74, 6) is -1.74. The van der Waals surface area contributed by atoms with E-state index in [1.807, 2.05) is 68.4 Å². The Morgan fingerprint density at radius 3 is 2.36 bits per heavy atom. The number of nitrogens with one attached hydrogen (secondary N) is 1. The molecular weight excluding hydrogens is 572 g/mol. The normalized spacial score (nSPS) is 14.7. The minimum absolute atomic E-state index is 0.0178. The van der Waals surface area contributed by atoms with E-state index in [4.69, 9.17) is 4.98 Å². The predicted octanol–water partition coefficient (Wildman–Crippen LogP) is 5.62. The molecule has 2 heterocycles. The summed E-state index contributed by atoms with van der Waals surface area (Å²) in [4.78, 5) is 33.9. The maximum Gasteiger partial charge on any atom is 0.257 e. The van der Waals surface area contributed by atoms with Crippen LogP contribution in [-0.4, -0.2) is 36.3 Å². The summed E-state index contributed by atoms with van der Waals surface area (Å²) < 4.78 is 30.3. The summed E-state index contributed by atoms with van der Waals surface area (Å²) in [5, 5.41) is 0.944. The van der Waals surface area contributed by atoms with Crippen LogP contribution in [0.25, 0.3) is 17.1 Å². The van der Waals surface area contributed by atoms with Crippen molar-refractivity contribution in [2.45, 2.75) is 26.3 Å². The van der Waals surface area contributed by atoms with Crippen LogP contribution in [0.15, 0.2) is 109 Å². The topological polar surface area (TPSA) is 101 Å². The third kappa shape index (κ3) is 5.66. The fraction of sp³-hybridized carbons (Fsp3) is 0.171. The molecule has 4 bridgehead atoms. The Labute approximate surface area is 256 Å². The highest BCUT2D eigenvalue weighted by atomic mass is 32.2. The molecule has 0 saturated heterocycles. The van der Waals surface area contributed by atoms with Crippen molar-refractivity contribution in [1.29, 1.82) is 0 Å². The maximum atomic E-state index is 14.0. The second-order valence-electron chi connectivity index (χ2n) is 10.8. The highest BCUT2D eigenvalue weighted by Crippen LogP contribution is 2.41. The minimum atomic E-state index is -4.18. The fourth-order valence-electron chi connectivity index (χ4n) is 5.93. The van der Waals surface area contributed by atoms with Crippen LogP contribution in [0.3, 0.4) is 0 Å². The van der Waals surface area contributed by atoms with Gasteiger partial charge in [-0.1, -0.05) is 84.9 Å². The third-order valence-corrected chi connectivity index (χ3v) is 8.91. The van der Waals surface area contributed by atoms with Gasteiger partial charge in [0.1, 0.15) is 11.7 Å². The third-order valence-electron chi connectivity index (χ3n) is 7.93. The van der Waals surface area contributed by atoms with Gasteiger partial charge in [-0.2, -0.15) is 0 Å². The molecule has 1 aromatic heterocycles. The maximum absolute atomic E-state index is 14.0. The first-order valence-electron chi connectivity index (χ1n) is 14.5. The van der Waals surface area contributed by atoms with E-state index < -0.39 is 27.8 Å². The fourth-order valence-corrected chi connectivity index (χ4v) is 6.75. The molecular formula is C35H32N4O4S. The van der Waals surface area contributed by atoms with Gasteiger partial charge < -0.3 is 9.47 Å². The van der Waals surface area contributed by atoms with Gasteiger partial charge in [-0.15, -0.1) is 0 Å². The number of carbonyl (C=O) groups is 2. The van der Waals surface area contributed by atoms with Gasteiger partial charge in [-0.25, -0.2) is 18.1 Å². The van der Waals surface area contributed by atoms with Crippen LogP contribution in [0.4, 0.5) is 5.69 Å². The monoisotopic (exact) mass is 604 g/mol. The molecule has 6 rings (SSSR count). The van der Waals surface area contributed by atoms with E-state index in [2.05, 4.69) is 21.4 Å². The molecule has 9 heteroatoms. The van der Waals surface area contributed by atoms with Crippen LogP contribution in [0.2, 0.25) is 0 Å². The molecule has 2 unspecified atom stereocenters.